The Morgan fingerprint density at radius 1 is 1.40 bits per heavy atom. The molecule has 1 saturated heterocycles. The number of ether oxygens (including phenoxy) is 2. The summed E-state index contributed by atoms with van der Waals surface area (Å²) in [5, 5.41) is 3.36. The van der Waals surface area contributed by atoms with Crippen molar-refractivity contribution in [2.45, 2.75) is 75.7 Å². The van der Waals surface area contributed by atoms with Crippen molar-refractivity contribution in [2.75, 3.05) is 13.2 Å². The molecule has 3 unspecified atom stereocenters. The maximum Gasteiger partial charge on any atom is 0.189 e. The molecule has 1 aliphatic heterocycles. The zero-order valence-electron chi connectivity index (χ0n) is 12.4. The Hall–Kier alpha value is -0.810. The van der Waals surface area contributed by atoms with Crippen LogP contribution in [-0.2, 0) is 9.47 Å². The van der Waals surface area contributed by atoms with Gasteiger partial charge in [-0.1, -0.05) is 12.8 Å². The summed E-state index contributed by atoms with van der Waals surface area (Å²) in [6, 6.07) is 0.678. The number of hydrogen-bond acceptors (Lipinski definition) is 3. The molecular weight excluding hydrogens is 254 g/mol. The van der Waals surface area contributed by atoms with Crippen molar-refractivity contribution in [3.63, 3.8) is 0 Å². The molecule has 3 fully saturated rings. The third kappa shape index (κ3) is 2.53. The van der Waals surface area contributed by atoms with Crippen LogP contribution in [0.4, 0.5) is 0 Å². The largest absolute Gasteiger partial charge is 0.375 e. The zero-order valence-corrected chi connectivity index (χ0v) is 12.4. The van der Waals surface area contributed by atoms with Crippen molar-refractivity contribution in [3.05, 3.63) is 0 Å². The van der Waals surface area contributed by atoms with Crippen molar-refractivity contribution in [3.8, 4) is 0 Å². The smallest absolute Gasteiger partial charge is 0.189 e. The number of aliphatic imine (C=N–C) groups is 1. The third-order valence-corrected chi connectivity index (χ3v) is 5.00. The van der Waals surface area contributed by atoms with Gasteiger partial charge in [-0.2, -0.15) is 0 Å². The van der Waals surface area contributed by atoms with Crippen molar-refractivity contribution in [1.29, 1.82) is 0 Å². The van der Waals surface area contributed by atoms with Crippen molar-refractivity contribution >= 4 is 5.96 Å². The fraction of sp³-hybridized carbons (Fsp3) is 0.933. The van der Waals surface area contributed by atoms with Crippen LogP contribution >= 0.6 is 0 Å². The van der Waals surface area contributed by atoms with Crippen LogP contribution in [0.3, 0.4) is 0 Å². The van der Waals surface area contributed by atoms with E-state index in [2.05, 4.69) is 5.32 Å². The van der Waals surface area contributed by atoms with E-state index >= 15 is 0 Å². The molecule has 3 atom stereocenters. The van der Waals surface area contributed by atoms with Gasteiger partial charge < -0.3 is 20.5 Å². The molecule has 2 aliphatic carbocycles. The second-order valence-corrected chi connectivity index (χ2v) is 6.24. The van der Waals surface area contributed by atoms with Gasteiger partial charge in [0, 0.05) is 25.7 Å². The SMILES string of the molecule is CCOC1CC(N=C(N)NC2CCCC2)C12CCCO2. The Morgan fingerprint density at radius 3 is 2.85 bits per heavy atom. The number of nitrogens with two attached hydrogens (primary N) is 1. The van der Waals surface area contributed by atoms with Crippen LogP contribution < -0.4 is 11.1 Å². The van der Waals surface area contributed by atoms with E-state index in [-0.39, 0.29) is 17.7 Å². The van der Waals surface area contributed by atoms with Gasteiger partial charge in [0.1, 0.15) is 5.60 Å². The molecule has 5 heteroatoms. The van der Waals surface area contributed by atoms with Gasteiger partial charge in [0.05, 0.1) is 12.1 Å². The summed E-state index contributed by atoms with van der Waals surface area (Å²) in [6.07, 6.45) is 8.30. The molecule has 2 saturated carbocycles. The molecule has 3 N–H and O–H groups in total. The minimum absolute atomic E-state index is 0.162. The summed E-state index contributed by atoms with van der Waals surface area (Å²) in [6.45, 7) is 3.60. The van der Waals surface area contributed by atoms with Gasteiger partial charge in [-0.25, -0.2) is 4.99 Å². The van der Waals surface area contributed by atoms with Crippen molar-refractivity contribution in [2.24, 2.45) is 10.7 Å². The lowest BCUT2D eigenvalue weighted by molar-refractivity contribution is -0.188. The monoisotopic (exact) mass is 281 g/mol. The molecule has 3 aliphatic rings. The van der Waals surface area contributed by atoms with E-state index in [1.54, 1.807) is 0 Å². The molecule has 0 bridgehead atoms. The van der Waals surface area contributed by atoms with Gasteiger partial charge in [0.25, 0.3) is 0 Å². The highest BCUT2D eigenvalue weighted by Gasteiger charge is 2.59. The molecule has 0 radical (unpaired) electrons. The molecular formula is C15H27N3O2. The maximum atomic E-state index is 6.08. The first-order valence-corrected chi connectivity index (χ1v) is 8.10. The van der Waals surface area contributed by atoms with E-state index in [1.165, 1.54) is 25.7 Å². The van der Waals surface area contributed by atoms with Crippen LogP contribution in [-0.4, -0.2) is 43.0 Å². The van der Waals surface area contributed by atoms with Gasteiger partial charge >= 0.3 is 0 Å². The predicted molar refractivity (Wildman–Crippen MR) is 78.8 cm³/mol. The van der Waals surface area contributed by atoms with E-state index in [0.717, 1.165) is 32.5 Å². The first-order valence-electron chi connectivity index (χ1n) is 8.10. The van der Waals surface area contributed by atoms with Gasteiger partial charge in [-0.3, -0.25) is 0 Å². The number of rotatable bonds is 4. The molecule has 0 aromatic carbocycles. The lowest BCUT2D eigenvalue weighted by atomic mass is 9.70. The number of guanidine groups is 1. The quantitative estimate of drug-likeness (QED) is 0.606. The van der Waals surface area contributed by atoms with Gasteiger partial charge in [0.15, 0.2) is 5.96 Å². The van der Waals surface area contributed by atoms with Gasteiger partial charge in [0.2, 0.25) is 0 Å². The molecule has 1 spiro atoms. The standard InChI is InChI=1S/C15H27N3O2/c1-2-19-13-10-12(15(13)8-5-9-20-15)18-14(16)17-11-6-3-4-7-11/h11-13H,2-10H2,1H3,(H3,16,17,18). The minimum Gasteiger partial charge on any atom is -0.375 e. The summed E-state index contributed by atoms with van der Waals surface area (Å²) in [5.41, 5.74) is 5.88. The first kappa shape index (κ1) is 14.1. The highest BCUT2D eigenvalue weighted by Crippen LogP contribution is 2.47. The molecule has 114 valence electrons. The first-order chi connectivity index (χ1) is 9.74. The van der Waals surface area contributed by atoms with Crippen LogP contribution in [0.5, 0.6) is 0 Å². The van der Waals surface area contributed by atoms with Crippen LogP contribution in [0, 0.1) is 0 Å². The van der Waals surface area contributed by atoms with Crippen LogP contribution in [0.15, 0.2) is 4.99 Å². The molecule has 5 nitrogen and oxygen atoms in total. The van der Waals surface area contributed by atoms with E-state index in [1.807, 2.05) is 6.92 Å². The van der Waals surface area contributed by atoms with Crippen LogP contribution in [0.25, 0.3) is 0 Å². The lowest BCUT2D eigenvalue weighted by Crippen LogP contribution is -2.63. The summed E-state index contributed by atoms with van der Waals surface area (Å²) in [5.74, 6) is 0.590. The number of nitrogens with zero attached hydrogens (tertiary/aromatic N) is 1. The fourth-order valence-corrected chi connectivity index (χ4v) is 3.91. The topological polar surface area (TPSA) is 68.9 Å². The Bertz CT molecular complexity index is 360. The van der Waals surface area contributed by atoms with Crippen molar-refractivity contribution in [1.82, 2.24) is 5.32 Å². The normalized spacial score (nSPS) is 38.4. The molecule has 20 heavy (non-hydrogen) atoms. The predicted octanol–water partition coefficient (Wildman–Crippen LogP) is 1.56. The third-order valence-electron chi connectivity index (χ3n) is 5.00. The second kappa shape index (κ2) is 5.90. The zero-order chi connectivity index (χ0) is 14.0. The van der Waals surface area contributed by atoms with Gasteiger partial charge in [-0.15, -0.1) is 0 Å². The Morgan fingerprint density at radius 2 is 2.20 bits per heavy atom. The second-order valence-electron chi connectivity index (χ2n) is 6.24. The minimum atomic E-state index is -0.196. The van der Waals surface area contributed by atoms with E-state index in [4.69, 9.17) is 20.2 Å². The number of nitrogens with one attached hydrogen (secondary N) is 1. The van der Waals surface area contributed by atoms with Crippen molar-refractivity contribution < 1.29 is 9.47 Å². The average molecular weight is 281 g/mol. The highest BCUT2D eigenvalue weighted by molar-refractivity contribution is 5.78. The van der Waals surface area contributed by atoms with Gasteiger partial charge in [-0.05, 0) is 32.6 Å². The van der Waals surface area contributed by atoms with Crippen LogP contribution in [0.2, 0.25) is 0 Å². The number of hydrogen-bond donors (Lipinski definition) is 2. The van der Waals surface area contributed by atoms with E-state index < -0.39 is 0 Å². The Balaban J connectivity index is 1.61. The molecule has 3 rings (SSSR count). The average Bonchev–Trinajstić information content (AvgIpc) is 3.09. The Labute approximate surface area is 121 Å². The van der Waals surface area contributed by atoms with Crippen LogP contribution in [0.1, 0.15) is 51.9 Å². The fourth-order valence-electron chi connectivity index (χ4n) is 3.91. The summed E-state index contributed by atoms with van der Waals surface area (Å²) in [4.78, 5) is 4.69. The summed E-state index contributed by atoms with van der Waals surface area (Å²) in [7, 11) is 0. The Kier molecular flexibility index (Phi) is 4.17. The summed E-state index contributed by atoms with van der Waals surface area (Å²) >= 11 is 0. The molecule has 0 aromatic heterocycles. The maximum absolute atomic E-state index is 6.08. The molecule has 0 amide bonds. The molecule has 1 heterocycles. The highest BCUT2D eigenvalue weighted by atomic mass is 16.6. The van der Waals surface area contributed by atoms with E-state index in [9.17, 15) is 0 Å². The lowest BCUT2D eigenvalue weighted by Gasteiger charge is -2.50. The molecule has 0 aromatic rings. The van der Waals surface area contributed by atoms with E-state index in [0.29, 0.717) is 12.0 Å². The summed E-state index contributed by atoms with van der Waals surface area (Å²) < 4.78 is 11.8.